The molecule has 0 radical (unpaired) electrons. The first kappa shape index (κ1) is 19.3. The number of benzene rings is 1. The van der Waals surface area contributed by atoms with Crippen molar-refractivity contribution in [3.8, 4) is 5.00 Å². The highest BCUT2D eigenvalue weighted by Crippen LogP contribution is 2.42. The van der Waals surface area contributed by atoms with Crippen molar-refractivity contribution < 1.29 is 0 Å². The number of hydrogen-bond donors (Lipinski definition) is 1. The average Bonchev–Trinajstić information content (AvgIpc) is 3.16. The van der Waals surface area contributed by atoms with Gasteiger partial charge in [-0.15, -0.1) is 21.5 Å². The fraction of sp³-hybridized carbons (Fsp3) is 0.381. The summed E-state index contributed by atoms with van der Waals surface area (Å²) in [6, 6.07) is 7.92. The Morgan fingerprint density at radius 2 is 1.86 bits per heavy atom. The molecule has 3 aromatic rings. The lowest BCUT2D eigenvalue weighted by molar-refractivity contribution is 0.413. The van der Waals surface area contributed by atoms with E-state index < -0.39 is 5.54 Å². The summed E-state index contributed by atoms with van der Waals surface area (Å²) in [6.07, 6.45) is 1.68. The second-order valence-electron chi connectivity index (χ2n) is 7.50. The summed E-state index contributed by atoms with van der Waals surface area (Å²) in [5.41, 5.74) is 9.78. The van der Waals surface area contributed by atoms with Gasteiger partial charge in [-0.05, 0) is 64.8 Å². The van der Waals surface area contributed by atoms with Gasteiger partial charge in [-0.1, -0.05) is 23.7 Å². The molecule has 0 saturated carbocycles. The number of rotatable bonds is 4. The van der Waals surface area contributed by atoms with Crippen molar-refractivity contribution in [3.05, 3.63) is 62.5 Å². The molecule has 2 N–H and O–H groups in total. The molecule has 2 aromatic heterocycles. The summed E-state index contributed by atoms with van der Waals surface area (Å²) in [5, 5.41) is 10.8. The van der Waals surface area contributed by atoms with Crippen LogP contribution in [0.5, 0.6) is 0 Å². The van der Waals surface area contributed by atoms with E-state index in [1.165, 1.54) is 10.4 Å². The number of fused-ring (bicyclic) bond motifs is 3. The third-order valence-electron chi connectivity index (χ3n) is 5.46. The van der Waals surface area contributed by atoms with E-state index in [1.807, 2.05) is 31.2 Å². The Morgan fingerprint density at radius 1 is 1.14 bits per heavy atom. The van der Waals surface area contributed by atoms with E-state index in [-0.39, 0.29) is 0 Å². The Hall–Kier alpha value is -2.02. The van der Waals surface area contributed by atoms with Crippen LogP contribution in [0, 0.1) is 20.8 Å². The van der Waals surface area contributed by atoms with Crippen molar-refractivity contribution in [2.45, 2.75) is 46.1 Å². The quantitative estimate of drug-likeness (QED) is 0.673. The van der Waals surface area contributed by atoms with Gasteiger partial charge in [0.25, 0.3) is 0 Å². The highest BCUT2D eigenvalue weighted by molar-refractivity contribution is 7.15. The number of hydrogen-bond acceptors (Lipinski definition) is 5. The van der Waals surface area contributed by atoms with Gasteiger partial charge in [0.1, 0.15) is 16.4 Å². The lowest BCUT2D eigenvalue weighted by Crippen LogP contribution is -2.25. The van der Waals surface area contributed by atoms with Gasteiger partial charge in [0, 0.05) is 21.0 Å². The SMILES string of the molecule is Cc1sc2c(c1C)C(c1ccc(Cl)cc1)=NC(C)(CCCN)c1nnc(C)n1-2. The van der Waals surface area contributed by atoms with Gasteiger partial charge in [0.05, 0.1) is 5.71 Å². The van der Waals surface area contributed by atoms with Gasteiger partial charge in [-0.3, -0.25) is 9.56 Å². The molecule has 1 aliphatic rings. The fourth-order valence-electron chi connectivity index (χ4n) is 3.78. The van der Waals surface area contributed by atoms with Gasteiger partial charge in [-0.2, -0.15) is 0 Å². The van der Waals surface area contributed by atoms with E-state index in [2.05, 4.69) is 35.5 Å². The standard InChI is InChI=1S/C21H24ClN5S/c1-12-13(2)28-19-17(12)18(15-6-8-16(22)9-7-15)24-21(4,10-5-11-23)20-26-25-14(3)27(19)20/h6-9H,5,10-11,23H2,1-4H3. The van der Waals surface area contributed by atoms with E-state index in [0.717, 1.165) is 51.4 Å². The monoisotopic (exact) mass is 413 g/mol. The fourth-order valence-corrected chi connectivity index (χ4v) is 5.12. The molecule has 0 aliphatic carbocycles. The van der Waals surface area contributed by atoms with E-state index in [9.17, 15) is 0 Å². The number of nitrogens with zero attached hydrogens (tertiary/aromatic N) is 4. The lowest BCUT2D eigenvalue weighted by atomic mass is 9.94. The molecule has 146 valence electrons. The maximum Gasteiger partial charge on any atom is 0.166 e. The molecule has 4 rings (SSSR count). The van der Waals surface area contributed by atoms with E-state index >= 15 is 0 Å². The number of aromatic nitrogens is 3. The second kappa shape index (κ2) is 7.10. The van der Waals surface area contributed by atoms with Crippen LogP contribution in [0.2, 0.25) is 5.02 Å². The van der Waals surface area contributed by atoms with Gasteiger partial charge in [0.2, 0.25) is 0 Å². The Labute approximate surface area is 174 Å². The van der Waals surface area contributed by atoms with Crippen LogP contribution >= 0.6 is 22.9 Å². The van der Waals surface area contributed by atoms with Crippen molar-refractivity contribution in [2.75, 3.05) is 6.54 Å². The molecule has 0 bridgehead atoms. The van der Waals surface area contributed by atoms with Gasteiger partial charge >= 0.3 is 0 Å². The minimum absolute atomic E-state index is 0.505. The Balaban J connectivity index is 2.05. The Morgan fingerprint density at radius 3 is 2.54 bits per heavy atom. The first-order valence-corrected chi connectivity index (χ1v) is 10.6. The molecular weight excluding hydrogens is 390 g/mol. The second-order valence-corrected chi connectivity index (χ2v) is 9.14. The van der Waals surface area contributed by atoms with Crippen LogP contribution in [-0.2, 0) is 5.54 Å². The maximum atomic E-state index is 6.15. The summed E-state index contributed by atoms with van der Waals surface area (Å²) >= 11 is 7.91. The zero-order chi connectivity index (χ0) is 20.1. The summed E-state index contributed by atoms with van der Waals surface area (Å²) in [4.78, 5) is 6.59. The predicted molar refractivity (Wildman–Crippen MR) is 116 cm³/mol. The largest absolute Gasteiger partial charge is 0.330 e. The van der Waals surface area contributed by atoms with Crippen LogP contribution in [0.1, 0.15) is 53.0 Å². The molecule has 1 atom stereocenters. The minimum Gasteiger partial charge on any atom is -0.330 e. The zero-order valence-corrected chi connectivity index (χ0v) is 18.2. The highest BCUT2D eigenvalue weighted by Gasteiger charge is 2.38. The molecule has 7 heteroatoms. The number of aryl methyl sites for hydroxylation is 2. The molecule has 0 fully saturated rings. The van der Waals surface area contributed by atoms with Crippen LogP contribution in [0.25, 0.3) is 5.00 Å². The summed E-state index contributed by atoms with van der Waals surface area (Å²) in [5.74, 6) is 1.76. The Bertz CT molecular complexity index is 1060. The summed E-state index contributed by atoms with van der Waals surface area (Å²) in [6.45, 7) is 9.08. The molecule has 3 heterocycles. The molecule has 0 spiro atoms. The number of thiophene rings is 1. The smallest absolute Gasteiger partial charge is 0.166 e. The average molecular weight is 414 g/mol. The number of nitrogens with two attached hydrogens (primary N) is 1. The zero-order valence-electron chi connectivity index (χ0n) is 16.6. The van der Waals surface area contributed by atoms with Crippen molar-refractivity contribution in [1.82, 2.24) is 14.8 Å². The maximum absolute atomic E-state index is 6.15. The van der Waals surface area contributed by atoms with Crippen LogP contribution in [0.15, 0.2) is 29.3 Å². The van der Waals surface area contributed by atoms with Gasteiger partial charge in [0.15, 0.2) is 5.82 Å². The van der Waals surface area contributed by atoms with Crippen molar-refractivity contribution in [1.29, 1.82) is 0 Å². The molecule has 1 unspecified atom stereocenters. The molecule has 28 heavy (non-hydrogen) atoms. The molecule has 5 nitrogen and oxygen atoms in total. The van der Waals surface area contributed by atoms with E-state index in [1.54, 1.807) is 11.3 Å². The van der Waals surface area contributed by atoms with Crippen molar-refractivity contribution in [2.24, 2.45) is 10.7 Å². The van der Waals surface area contributed by atoms with Crippen LogP contribution in [0.3, 0.4) is 0 Å². The molecule has 0 amide bonds. The number of aliphatic imine (C=N–C) groups is 1. The Kier molecular flexibility index (Phi) is 4.89. The molecule has 1 aromatic carbocycles. The number of halogens is 1. The highest BCUT2D eigenvalue weighted by atomic mass is 35.5. The topological polar surface area (TPSA) is 69.1 Å². The third-order valence-corrected chi connectivity index (χ3v) is 6.90. The summed E-state index contributed by atoms with van der Waals surface area (Å²) in [7, 11) is 0. The van der Waals surface area contributed by atoms with E-state index in [4.69, 9.17) is 22.3 Å². The summed E-state index contributed by atoms with van der Waals surface area (Å²) < 4.78 is 2.18. The normalized spacial score (nSPS) is 18.4. The van der Waals surface area contributed by atoms with Crippen molar-refractivity contribution in [3.63, 3.8) is 0 Å². The van der Waals surface area contributed by atoms with Crippen LogP contribution in [0.4, 0.5) is 0 Å². The van der Waals surface area contributed by atoms with Crippen molar-refractivity contribution >= 4 is 28.6 Å². The molecule has 0 saturated heterocycles. The first-order chi connectivity index (χ1) is 13.4. The third kappa shape index (κ3) is 3.00. The van der Waals surface area contributed by atoms with Gasteiger partial charge < -0.3 is 5.73 Å². The lowest BCUT2D eigenvalue weighted by Gasteiger charge is -2.24. The van der Waals surface area contributed by atoms with Crippen LogP contribution in [-0.4, -0.2) is 27.0 Å². The first-order valence-electron chi connectivity index (χ1n) is 9.45. The van der Waals surface area contributed by atoms with Gasteiger partial charge in [-0.25, -0.2) is 0 Å². The minimum atomic E-state index is -0.505. The van der Waals surface area contributed by atoms with E-state index in [0.29, 0.717) is 6.54 Å². The predicted octanol–water partition coefficient (Wildman–Crippen LogP) is 4.71. The van der Waals surface area contributed by atoms with Crippen LogP contribution < -0.4 is 5.73 Å². The molecule has 1 aliphatic heterocycles. The molecular formula is C21H24ClN5S.